The lowest BCUT2D eigenvalue weighted by molar-refractivity contribution is 0.468. The van der Waals surface area contributed by atoms with E-state index in [1.54, 1.807) is 0 Å². The van der Waals surface area contributed by atoms with Gasteiger partial charge in [-0.15, -0.1) is 6.58 Å². The number of nitrogens with one attached hydrogen (secondary N) is 1. The number of rotatable bonds is 7. The lowest BCUT2D eigenvalue weighted by Crippen LogP contribution is -2.24. The molecule has 1 aromatic heterocycles. The van der Waals surface area contributed by atoms with Crippen LogP contribution >= 0.6 is 0 Å². The molecule has 16 heavy (non-hydrogen) atoms. The first-order valence-electron chi connectivity index (χ1n) is 6.00. The Morgan fingerprint density at radius 1 is 1.62 bits per heavy atom. The first-order chi connectivity index (χ1) is 7.65. The zero-order valence-electron chi connectivity index (χ0n) is 10.7. The number of nitrogens with zero attached hydrogens (tertiary/aromatic N) is 2. The number of aromatic nitrogens is 2. The number of hydrogen-bond acceptors (Lipinski definition) is 2. The first-order valence-corrected chi connectivity index (χ1v) is 6.00. The second kappa shape index (κ2) is 6.48. The Morgan fingerprint density at radius 3 is 2.88 bits per heavy atom. The van der Waals surface area contributed by atoms with Crippen LogP contribution in [0.4, 0.5) is 0 Å². The van der Waals surface area contributed by atoms with Crippen LogP contribution in [0, 0.1) is 0 Å². The lowest BCUT2D eigenvalue weighted by Gasteiger charge is -2.18. The van der Waals surface area contributed by atoms with Gasteiger partial charge in [0.15, 0.2) is 0 Å². The van der Waals surface area contributed by atoms with E-state index >= 15 is 0 Å². The summed E-state index contributed by atoms with van der Waals surface area (Å²) in [7, 11) is 2.00. The molecule has 0 aliphatic rings. The number of aryl methyl sites for hydroxylation is 1. The van der Waals surface area contributed by atoms with E-state index in [1.807, 2.05) is 17.9 Å². The molecule has 1 unspecified atom stereocenters. The van der Waals surface area contributed by atoms with Gasteiger partial charge < -0.3 is 5.32 Å². The van der Waals surface area contributed by atoms with Gasteiger partial charge in [-0.3, -0.25) is 4.68 Å². The maximum atomic E-state index is 4.23. The van der Waals surface area contributed by atoms with E-state index in [4.69, 9.17) is 0 Å². The van der Waals surface area contributed by atoms with E-state index in [1.165, 1.54) is 11.3 Å². The van der Waals surface area contributed by atoms with Crippen LogP contribution in [0.2, 0.25) is 0 Å². The SMILES string of the molecule is C=C(C)CCC(NCCC)c1ccnn1C. The molecular formula is C13H23N3. The second-order valence-corrected chi connectivity index (χ2v) is 4.38. The molecule has 0 amide bonds. The van der Waals surface area contributed by atoms with Crippen LogP contribution < -0.4 is 5.32 Å². The standard InChI is InChI=1S/C13H23N3/c1-5-9-14-12(7-6-11(2)3)13-8-10-15-16(13)4/h8,10,12,14H,2,5-7,9H2,1,3-4H3. The summed E-state index contributed by atoms with van der Waals surface area (Å²) >= 11 is 0. The molecule has 3 heteroatoms. The van der Waals surface area contributed by atoms with Crippen LogP contribution in [0.1, 0.15) is 44.8 Å². The molecule has 0 spiro atoms. The van der Waals surface area contributed by atoms with E-state index in [-0.39, 0.29) is 0 Å². The summed E-state index contributed by atoms with van der Waals surface area (Å²) in [4.78, 5) is 0. The second-order valence-electron chi connectivity index (χ2n) is 4.38. The van der Waals surface area contributed by atoms with Gasteiger partial charge in [-0.1, -0.05) is 12.5 Å². The van der Waals surface area contributed by atoms with Gasteiger partial charge in [-0.2, -0.15) is 5.10 Å². The van der Waals surface area contributed by atoms with Gasteiger partial charge >= 0.3 is 0 Å². The van der Waals surface area contributed by atoms with Crippen LogP contribution in [0.15, 0.2) is 24.4 Å². The largest absolute Gasteiger partial charge is 0.309 e. The van der Waals surface area contributed by atoms with Crippen molar-refractivity contribution in [3.05, 3.63) is 30.1 Å². The van der Waals surface area contributed by atoms with Gasteiger partial charge in [0.25, 0.3) is 0 Å². The van der Waals surface area contributed by atoms with Crippen LogP contribution in [0.5, 0.6) is 0 Å². The Kier molecular flexibility index (Phi) is 5.26. The van der Waals surface area contributed by atoms with Crippen LogP contribution in [0.25, 0.3) is 0 Å². The molecule has 1 heterocycles. The maximum Gasteiger partial charge on any atom is 0.0550 e. The highest BCUT2D eigenvalue weighted by molar-refractivity contribution is 5.07. The summed E-state index contributed by atoms with van der Waals surface area (Å²) in [5.74, 6) is 0. The van der Waals surface area contributed by atoms with E-state index in [9.17, 15) is 0 Å². The Balaban J connectivity index is 2.63. The van der Waals surface area contributed by atoms with Gasteiger partial charge in [0.2, 0.25) is 0 Å². The molecule has 90 valence electrons. The third-order valence-electron chi connectivity index (χ3n) is 2.72. The zero-order chi connectivity index (χ0) is 12.0. The minimum absolute atomic E-state index is 0.393. The molecule has 0 saturated heterocycles. The molecule has 0 saturated carbocycles. The van der Waals surface area contributed by atoms with Crippen molar-refractivity contribution in [1.82, 2.24) is 15.1 Å². The summed E-state index contributed by atoms with van der Waals surface area (Å²) in [6, 6.07) is 2.48. The van der Waals surface area contributed by atoms with Crippen molar-refractivity contribution >= 4 is 0 Å². The summed E-state index contributed by atoms with van der Waals surface area (Å²) in [5, 5.41) is 7.79. The molecule has 0 aliphatic heterocycles. The van der Waals surface area contributed by atoms with Crippen LogP contribution in [0.3, 0.4) is 0 Å². The Labute approximate surface area is 98.5 Å². The maximum absolute atomic E-state index is 4.23. The zero-order valence-corrected chi connectivity index (χ0v) is 10.7. The summed E-state index contributed by atoms with van der Waals surface area (Å²) in [6.45, 7) is 9.28. The number of hydrogen-bond donors (Lipinski definition) is 1. The molecule has 1 atom stereocenters. The average molecular weight is 221 g/mol. The van der Waals surface area contributed by atoms with E-state index in [0.29, 0.717) is 6.04 Å². The average Bonchev–Trinajstić information content (AvgIpc) is 2.65. The molecule has 1 rings (SSSR count). The van der Waals surface area contributed by atoms with Crippen molar-refractivity contribution in [3.8, 4) is 0 Å². The van der Waals surface area contributed by atoms with Crippen molar-refractivity contribution < 1.29 is 0 Å². The molecular weight excluding hydrogens is 198 g/mol. The fraction of sp³-hybridized carbons (Fsp3) is 0.615. The highest BCUT2D eigenvalue weighted by Crippen LogP contribution is 2.19. The first kappa shape index (κ1) is 13.0. The van der Waals surface area contributed by atoms with Crippen molar-refractivity contribution in [2.24, 2.45) is 7.05 Å². The summed E-state index contributed by atoms with van der Waals surface area (Å²) in [6.07, 6.45) is 5.17. The van der Waals surface area contributed by atoms with Crippen molar-refractivity contribution in [1.29, 1.82) is 0 Å². The molecule has 0 radical (unpaired) electrons. The molecule has 3 nitrogen and oxygen atoms in total. The molecule has 0 aliphatic carbocycles. The Bertz CT molecular complexity index is 328. The quantitative estimate of drug-likeness (QED) is 0.718. The summed E-state index contributed by atoms with van der Waals surface area (Å²) in [5.41, 5.74) is 2.50. The predicted octanol–water partition coefficient (Wildman–Crippen LogP) is 2.82. The third-order valence-corrected chi connectivity index (χ3v) is 2.72. The summed E-state index contributed by atoms with van der Waals surface area (Å²) < 4.78 is 1.95. The predicted molar refractivity (Wildman–Crippen MR) is 68.3 cm³/mol. The fourth-order valence-corrected chi connectivity index (χ4v) is 1.79. The Hall–Kier alpha value is -1.09. The van der Waals surface area contributed by atoms with E-state index in [2.05, 4.69) is 36.9 Å². The normalized spacial score (nSPS) is 12.7. The third kappa shape index (κ3) is 3.81. The van der Waals surface area contributed by atoms with Gasteiger partial charge in [-0.25, -0.2) is 0 Å². The Morgan fingerprint density at radius 2 is 2.38 bits per heavy atom. The van der Waals surface area contributed by atoms with Gasteiger partial charge in [0, 0.05) is 19.3 Å². The minimum Gasteiger partial charge on any atom is -0.309 e. The van der Waals surface area contributed by atoms with Crippen LogP contribution in [-0.2, 0) is 7.05 Å². The lowest BCUT2D eigenvalue weighted by atomic mass is 10.0. The number of allylic oxidation sites excluding steroid dienone is 1. The van der Waals surface area contributed by atoms with Crippen molar-refractivity contribution in [3.63, 3.8) is 0 Å². The van der Waals surface area contributed by atoms with Crippen molar-refractivity contribution in [2.45, 2.75) is 39.2 Å². The minimum atomic E-state index is 0.393. The highest BCUT2D eigenvalue weighted by Gasteiger charge is 2.13. The highest BCUT2D eigenvalue weighted by atomic mass is 15.3. The molecule has 1 aromatic rings. The van der Waals surface area contributed by atoms with Gasteiger partial charge in [-0.05, 0) is 38.8 Å². The monoisotopic (exact) mass is 221 g/mol. The molecule has 0 bridgehead atoms. The van der Waals surface area contributed by atoms with E-state index < -0.39 is 0 Å². The van der Waals surface area contributed by atoms with Crippen LogP contribution in [-0.4, -0.2) is 16.3 Å². The van der Waals surface area contributed by atoms with Gasteiger partial charge in [0.1, 0.15) is 0 Å². The fourth-order valence-electron chi connectivity index (χ4n) is 1.79. The topological polar surface area (TPSA) is 29.9 Å². The smallest absolute Gasteiger partial charge is 0.0550 e. The van der Waals surface area contributed by atoms with Crippen molar-refractivity contribution in [2.75, 3.05) is 6.54 Å². The molecule has 1 N–H and O–H groups in total. The molecule has 0 fully saturated rings. The molecule has 0 aromatic carbocycles. The van der Waals surface area contributed by atoms with Gasteiger partial charge in [0.05, 0.1) is 5.69 Å². The van der Waals surface area contributed by atoms with E-state index in [0.717, 1.165) is 25.8 Å².